The topological polar surface area (TPSA) is 101 Å². The molecule has 0 saturated heterocycles. The number of fused-ring (bicyclic) bond motifs is 1. The Balaban J connectivity index is 1.86. The number of carbonyl (C=O) groups is 4. The number of hydrogen-bond acceptors (Lipinski definition) is 5. The molecule has 1 aliphatic rings. The second-order valence-electron chi connectivity index (χ2n) is 5.83. The summed E-state index contributed by atoms with van der Waals surface area (Å²) in [5.74, 6) is -2.80. The second-order valence-corrected chi connectivity index (χ2v) is 5.83. The lowest BCUT2D eigenvalue weighted by Gasteiger charge is -2.14. The number of carboxylic acid groups (broad SMARTS) is 1. The van der Waals surface area contributed by atoms with Crippen LogP contribution < -0.4 is 0 Å². The summed E-state index contributed by atoms with van der Waals surface area (Å²) in [6.45, 7) is -0.361. The molecule has 0 spiro atoms. The van der Waals surface area contributed by atoms with Crippen LogP contribution in [-0.2, 0) is 9.53 Å². The number of ether oxygens (including phenoxy) is 1. The average Bonchev–Trinajstić information content (AvgIpc) is 2.92. The van der Waals surface area contributed by atoms with Gasteiger partial charge < -0.3 is 9.84 Å². The van der Waals surface area contributed by atoms with Crippen molar-refractivity contribution in [3.05, 3.63) is 76.4 Å². The van der Waals surface area contributed by atoms with Crippen molar-refractivity contribution >= 4 is 29.8 Å². The van der Waals surface area contributed by atoms with Gasteiger partial charge in [-0.3, -0.25) is 14.5 Å². The van der Waals surface area contributed by atoms with Crippen molar-refractivity contribution in [2.45, 2.75) is 0 Å². The number of aliphatic carboxylic acids is 1. The molecule has 0 aromatic heterocycles. The Hall–Kier alpha value is -3.74. The molecule has 0 radical (unpaired) electrons. The molecule has 136 valence electrons. The maximum Gasteiger partial charge on any atom is 0.337 e. The van der Waals surface area contributed by atoms with E-state index in [-0.39, 0.29) is 23.2 Å². The van der Waals surface area contributed by atoms with Crippen LogP contribution in [0.2, 0.25) is 0 Å². The van der Waals surface area contributed by atoms with Crippen LogP contribution in [0.3, 0.4) is 0 Å². The SMILES string of the molecule is COC(=O)c1ccc(C=C(CN2C(=O)c3ccccc3C2=O)C(=O)O)cc1. The molecule has 0 fully saturated rings. The minimum atomic E-state index is -1.25. The Morgan fingerprint density at radius 3 is 2.04 bits per heavy atom. The third-order valence-corrected chi connectivity index (χ3v) is 4.15. The van der Waals surface area contributed by atoms with Gasteiger partial charge in [0.25, 0.3) is 11.8 Å². The number of rotatable bonds is 5. The summed E-state index contributed by atoms with van der Waals surface area (Å²) in [4.78, 5) is 48.8. The third-order valence-electron chi connectivity index (χ3n) is 4.15. The largest absolute Gasteiger partial charge is 0.478 e. The van der Waals surface area contributed by atoms with Crippen molar-refractivity contribution in [3.63, 3.8) is 0 Å². The minimum Gasteiger partial charge on any atom is -0.478 e. The van der Waals surface area contributed by atoms with Gasteiger partial charge in [0.05, 0.1) is 35.9 Å². The van der Waals surface area contributed by atoms with E-state index in [1.165, 1.54) is 37.5 Å². The summed E-state index contributed by atoms with van der Waals surface area (Å²) in [5, 5.41) is 9.47. The zero-order chi connectivity index (χ0) is 19.6. The highest BCUT2D eigenvalue weighted by molar-refractivity contribution is 6.21. The normalized spacial score (nSPS) is 13.5. The van der Waals surface area contributed by atoms with Crippen LogP contribution in [0.5, 0.6) is 0 Å². The third kappa shape index (κ3) is 3.48. The van der Waals surface area contributed by atoms with Crippen molar-refractivity contribution in [2.24, 2.45) is 0 Å². The van der Waals surface area contributed by atoms with Gasteiger partial charge in [-0.1, -0.05) is 24.3 Å². The van der Waals surface area contributed by atoms with Gasteiger partial charge in [-0.05, 0) is 35.9 Å². The Bertz CT molecular complexity index is 939. The van der Waals surface area contributed by atoms with E-state index in [2.05, 4.69) is 4.74 Å². The molecule has 27 heavy (non-hydrogen) atoms. The van der Waals surface area contributed by atoms with Crippen LogP contribution in [0.4, 0.5) is 0 Å². The Kier molecular flexibility index (Phi) is 4.85. The van der Waals surface area contributed by atoms with Crippen molar-refractivity contribution in [2.75, 3.05) is 13.7 Å². The average molecular weight is 365 g/mol. The van der Waals surface area contributed by atoms with E-state index in [1.807, 2.05) is 0 Å². The number of imide groups is 1. The van der Waals surface area contributed by atoms with Gasteiger partial charge in [0, 0.05) is 0 Å². The number of amides is 2. The predicted molar refractivity (Wildman–Crippen MR) is 95.2 cm³/mol. The summed E-state index contributed by atoms with van der Waals surface area (Å²) in [6, 6.07) is 12.5. The number of hydrogen-bond donors (Lipinski definition) is 1. The smallest absolute Gasteiger partial charge is 0.337 e. The summed E-state index contributed by atoms with van der Waals surface area (Å²) in [7, 11) is 1.26. The summed E-state index contributed by atoms with van der Waals surface area (Å²) in [5.41, 5.74) is 1.23. The molecule has 1 N–H and O–H groups in total. The van der Waals surface area contributed by atoms with Crippen LogP contribution >= 0.6 is 0 Å². The second kappa shape index (κ2) is 7.25. The Morgan fingerprint density at radius 2 is 1.56 bits per heavy atom. The van der Waals surface area contributed by atoms with E-state index < -0.39 is 23.8 Å². The van der Waals surface area contributed by atoms with Gasteiger partial charge in [0.1, 0.15) is 0 Å². The molecule has 1 heterocycles. The van der Waals surface area contributed by atoms with Gasteiger partial charge in [-0.15, -0.1) is 0 Å². The van der Waals surface area contributed by atoms with Gasteiger partial charge in [-0.2, -0.15) is 0 Å². The van der Waals surface area contributed by atoms with E-state index >= 15 is 0 Å². The summed E-state index contributed by atoms with van der Waals surface area (Å²) < 4.78 is 4.61. The zero-order valence-corrected chi connectivity index (χ0v) is 14.3. The number of esters is 1. The van der Waals surface area contributed by atoms with Gasteiger partial charge in [0.2, 0.25) is 0 Å². The first kappa shape index (κ1) is 18.1. The highest BCUT2D eigenvalue weighted by atomic mass is 16.5. The van der Waals surface area contributed by atoms with Gasteiger partial charge >= 0.3 is 11.9 Å². The van der Waals surface area contributed by atoms with Gasteiger partial charge in [0.15, 0.2) is 0 Å². The highest BCUT2D eigenvalue weighted by Crippen LogP contribution is 2.24. The highest BCUT2D eigenvalue weighted by Gasteiger charge is 2.36. The van der Waals surface area contributed by atoms with Gasteiger partial charge in [-0.25, -0.2) is 9.59 Å². The molecule has 0 saturated carbocycles. The maximum atomic E-state index is 12.4. The quantitative estimate of drug-likeness (QED) is 0.495. The first-order valence-electron chi connectivity index (χ1n) is 8.00. The van der Waals surface area contributed by atoms with Crippen LogP contribution in [0.25, 0.3) is 6.08 Å². The zero-order valence-electron chi connectivity index (χ0n) is 14.3. The van der Waals surface area contributed by atoms with E-state index in [0.29, 0.717) is 11.1 Å². The van der Waals surface area contributed by atoms with Crippen molar-refractivity contribution in [3.8, 4) is 0 Å². The number of carboxylic acids is 1. The first-order chi connectivity index (χ1) is 12.9. The van der Waals surface area contributed by atoms with E-state index in [1.54, 1.807) is 24.3 Å². The van der Waals surface area contributed by atoms with Crippen LogP contribution in [0.15, 0.2) is 54.1 Å². The maximum absolute atomic E-state index is 12.4. The van der Waals surface area contributed by atoms with E-state index in [0.717, 1.165) is 4.90 Å². The molecule has 2 aromatic rings. The fraction of sp³-hybridized carbons (Fsp3) is 0.100. The molecule has 7 nitrogen and oxygen atoms in total. The molecule has 3 rings (SSSR count). The lowest BCUT2D eigenvalue weighted by molar-refractivity contribution is -0.132. The number of methoxy groups -OCH3 is 1. The number of nitrogens with zero attached hydrogens (tertiary/aromatic N) is 1. The molecule has 0 bridgehead atoms. The first-order valence-corrected chi connectivity index (χ1v) is 8.00. The summed E-state index contributed by atoms with van der Waals surface area (Å²) >= 11 is 0. The van der Waals surface area contributed by atoms with E-state index in [9.17, 15) is 24.3 Å². The van der Waals surface area contributed by atoms with Crippen molar-refractivity contribution < 1.29 is 29.0 Å². The standard InChI is InChI=1S/C20H15NO6/c1-27-20(26)13-8-6-12(7-9-13)10-14(19(24)25)11-21-17(22)15-4-2-3-5-16(15)18(21)23/h2-10H,11H2,1H3,(H,24,25). The Labute approximate surface area is 154 Å². The molecule has 0 aliphatic carbocycles. The van der Waals surface area contributed by atoms with Crippen LogP contribution in [0, 0.1) is 0 Å². The monoisotopic (exact) mass is 365 g/mol. The van der Waals surface area contributed by atoms with E-state index in [4.69, 9.17) is 0 Å². The van der Waals surface area contributed by atoms with Crippen molar-refractivity contribution in [1.82, 2.24) is 4.90 Å². The predicted octanol–water partition coefficient (Wildman–Crippen LogP) is 2.24. The fourth-order valence-corrected chi connectivity index (χ4v) is 2.76. The molecular weight excluding hydrogens is 350 g/mol. The molecule has 0 unspecified atom stereocenters. The van der Waals surface area contributed by atoms with Crippen molar-refractivity contribution in [1.29, 1.82) is 0 Å². The minimum absolute atomic E-state index is 0.129. The summed E-state index contributed by atoms with van der Waals surface area (Å²) in [6.07, 6.45) is 1.35. The lowest BCUT2D eigenvalue weighted by Crippen LogP contribution is -2.33. The molecular formula is C20H15NO6. The van der Waals surface area contributed by atoms with Crippen LogP contribution in [-0.4, -0.2) is 47.4 Å². The Morgan fingerprint density at radius 1 is 1.00 bits per heavy atom. The lowest BCUT2D eigenvalue weighted by atomic mass is 10.1. The molecule has 0 atom stereocenters. The molecule has 2 amide bonds. The molecule has 2 aromatic carbocycles. The van der Waals surface area contributed by atoms with Crippen LogP contribution in [0.1, 0.15) is 36.6 Å². The molecule has 1 aliphatic heterocycles. The fourth-order valence-electron chi connectivity index (χ4n) is 2.76. The number of benzene rings is 2. The molecule has 7 heteroatoms. The number of carbonyl (C=O) groups excluding carboxylic acids is 3.